The number of carbonyl (C=O) groups is 1. The van der Waals surface area contributed by atoms with Crippen LogP contribution in [-0.2, 0) is 4.79 Å². The van der Waals surface area contributed by atoms with Gasteiger partial charge in [-0.3, -0.25) is 4.79 Å². The fourth-order valence-electron chi connectivity index (χ4n) is 1.46. The van der Waals surface area contributed by atoms with E-state index >= 15 is 0 Å². The van der Waals surface area contributed by atoms with Crippen molar-refractivity contribution in [2.45, 2.75) is 6.04 Å². The molecule has 1 atom stereocenters. The van der Waals surface area contributed by atoms with Crippen LogP contribution in [-0.4, -0.2) is 5.91 Å². The van der Waals surface area contributed by atoms with Crippen LogP contribution in [0.4, 0.5) is 14.5 Å². The maximum atomic E-state index is 13.6. The third kappa shape index (κ3) is 3.17. The number of anilines is 1. The molecular weight excluding hydrogens is 338 g/mol. The van der Waals surface area contributed by atoms with E-state index in [-0.39, 0.29) is 4.47 Å². The molecule has 0 aliphatic carbocycles. The predicted octanol–water partition coefficient (Wildman–Crippen LogP) is 3.43. The van der Waals surface area contributed by atoms with Crippen molar-refractivity contribution < 1.29 is 13.6 Å². The monoisotopic (exact) mass is 346 g/mol. The molecule has 19 heavy (non-hydrogen) atoms. The minimum atomic E-state index is -0.956. The van der Waals surface area contributed by atoms with E-state index in [0.717, 1.165) is 12.1 Å². The number of nitrogens with one attached hydrogen (secondary N) is 1. The first-order valence-corrected chi connectivity index (χ1v) is 6.90. The van der Waals surface area contributed by atoms with Crippen molar-refractivity contribution in [3.05, 3.63) is 50.6 Å². The standard InChI is InChI=1S/C12H9BrF2N2OS/c13-6-4-7(14)11(8(15)5-6)17-12(18)10(16)9-2-1-3-19-9/h1-5,10H,16H2,(H,17,18). The van der Waals surface area contributed by atoms with Gasteiger partial charge in [-0.1, -0.05) is 22.0 Å². The van der Waals surface area contributed by atoms with E-state index in [1.165, 1.54) is 11.3 Å². The maximum absolute atomic E-state index is 13.6. The van der Waals surface area contributed by atoms with E-state index in [9.17, 15) is 13.6 Å². The van der Waals surface area contributed by atoms with Gasteiger partial charge in [-0.2, -0.15) is 0 Å². The molecule has 0 spiro atoms. The zero-order valence-electron chi connectivity index (χ0n) is 9.49. The molecule has 0 saturated heterocycles. The summed E-state index contributed by atoms with van der Waals surface area (Å²) in [7, 11) is 0. The summed E-state index contributed by atoms with van der Waals surface area (Å²) in [6.07, 6.45) is 0. The van der Waals surface area contributed by atoms with Crippen molar-refractivity contribution in [1.82, 2.24) is 0 Å². The van der Waals surface area contributed by atoms with E-state index in [2.05, 4.69) is 21.2 Å². The lowest BCUT2D eigenvalue weighted by molar-refractivity contribution is -0.117. The van der Waals surface area contributed by atoms with Crippen molar-refractivity contribution in [3.63, 3.8) is 0 Å². The minimum absolute atomic E-state index is 0.253. The van der Waals surface area contributed by atoms with Gasteiger partial charge in [0.25, 0.3) is 0 Å². The maximum Gasteiger partial charge on any atom is 0.246 e. The lowest BCUT2D eigenvalue weighted by atomic mass is 10.2. The van der Waals surface area contributed by atoms with Gasteiger partial charge >= 0.3 is 0 Å². The van der Waals surface area contributed by atoms with Gasteiger partial charge in [-0.05, 0) is 23.6 Å². The van der Waals surface area contributed by atoms with Crippen molar-refractivity contribution >= 4 is 38.9 Å². The summed E-state index contributed by atoms with van der Waals surface area (Å²) in [6.45, 7) is 0. The van der Waals surface area contributed by atoms with Crippen LogP contribution < -0.4 is 11.1 Å². The van der Waals surface area contributed by atoms with Gasteiger partial charge in [0, 0.05) is 9.35 Å². The molecule has 0 radical (unpaired) electrons. The highest BCUT2D eigenvalue weighted by Gasteiger charge is 2.20. The molecule has 0 fully saturated rings. The highest BCUT2D eigenvalue weighted by Crippen LogP contribution is 2.25. The molecule has 100 valence electrons. The highest BCUT2D eigenvalue weighted by molar-refractivity contribution is 9.10. The number of rotatable bonds is 3. The van der Waals surface area contributed by atoms with Crippen molar-refractivity contribution in [2.24, 2.45) is 5.73 Å². The number of halogens is 3. The van der Waals surface area contributed by atoms with E-state index in [0.29, 0.717) is 4.88 Å². The molecule has 1 amide bonds. The molecule has 2 aromatic rings. The van der Waals surface area contributed by atoms with Crippen molar-refractivity contribution in [3.8, 4) is 0 Å². The number of amides is 1. The molecule has 7 heteroatoms. The Kier molecular flexibility index (Phi) is 4.28. The molecule has 2 rings (SSSR count). The van der Waals surface area contributed by atoms with Crippen molar-refractivity contribution in [2.75, 3.05) is 5.32 Å². The summed E-state index contributed by atoms with van der Waals surface area (Å²) in [5, 5.41) is 3.93. The van der Waals surface area contributed by atoms with Crippen LogP contribution in [0.2, 0.25) is 0 Å². The Morgan fingerprint density at radius 1 is 1.37 bits per heavy atom. The Bertz CT molecular complexity index is 581. The molecule has 3 nitrogen and oxygen atoms in total. The molecular formula is C12H9BrF2N2OS. The number of hydrogen-bond donors (Lipinski definition) is 2. The normalized spacial score (nSPS) is 12.2. The Hall–Kier alpha value is -1.31. The van der Waals surface area contributed by atoms with E-state index in [4.69, 9.17) is 5.73 Å². The fraction of sp³-hybridized carbons (Fsp3) is 0.0833. The van der Waals surface area contributed by atoms with E-state index in [1.807, 2.05) is 0 Å². The number of carbonyl (C=O) groups excluding carboxylic acids is 1. The quantitative estimate of drug-likeness (QED) is 0.894. The van der Waals surface area contributed by atoms with Gasteiger partial charge in [-0.15, -0.1) is 11.3 Å². The topological polar surface area (TPSA) is 55.1 Å². The average Bonchev–Trinajstić information content (AvgIpc) is 2.86. The Balaban J connectivity index is 2.20. The fourth-order valence-corrected chi connectivity index (χ4v) is 2.59. The molecule has 3 N–H and O–H groups in total. The van der Waals surface area contributed by atoms with Crippen LogP contribution in [0.5, 0.6) is 0 Å². The molecule has 0 aliphatic heterocycles. The molecule has 1 aromatic heterocycles. The molecule has 0 bridgehead atoms. The van der Waals surface area contributed by atoms with Gasteiger partial charge in [0.15, 0.2) is 11.6 Å². The largest absolute Gasteiger partial charge is 0.319 e. The van der Waals surface area contributed by atoms with Gasteiger partial charge in [0.2, 0.25) is 5.91 Å². The first-order chi connectivity index (χ1) is 8.99. The van der Waals surface area contributed by atoms with Crippen molar-refractivity contribution in [1.29, 1.82) is 0 Å². The number of nitrogens with two attached hydrogens (primary N) is 1. The van der Waals surface area contributed by atoms with E-state index in [1.54, 1.807) is 17.5 Å². The third-order valence-electron chi connectivity index (χ3n) is 2.39. The first-order valence-electron chi connectivity index (χ1n) is 5.23. The van der Waals surface area contributed by atoms with Crippen LogP contribution in [0.25, 0.3) is 0 Å². The summed E-state index contributed by atoms with van der Waals surface area (Å²) in [5.41, 5.74) is 5.21. The Labute approximate surface area is 120 Å². The number of thiophene rings is 1. The van der Waals surface area contributed by atoms with Gasteiger partial charge < -0.3 is 11.1 Å². The van der Waals surface area contributed by atoms with Crippen LogP contribution in [0, 0.1) is 11.6 Å². The number of hydrogen-bond acceptors (Lipinski definition) is 3. The first kappa shape index (κ1) is 14.1. The Morgan fingerprint density at radius 2 is 2.00 bits per heavy atom. The van der Waals surface area contributed by atoms with Gasteiger partial charge in [0.05, 0.1) is 0 Å². The van der Waals surface area contributed by atoms with Crippen LogP contribution in [0.1, 0.15) is 10.9 Å². The number of benzene rings is 1. The van der Waals surface area contributed by atoms with Gasteiger partial charge in [-0.25, -0.2) is 8.78 Å². The molecule has 1 aromatic carbocycles. The summed E-state index contributed by atoms with van der Waals surface area (Å²) in [6, 6.07) is 4.60. The summed E-state index contributed by atoms with van der Waals surface area (Å²) >= 11 is 4.26. The van der Waals surface area contributed by atoms with Crippen LogP contribution >= 0.6 is 27.3 Å². The van der Waals surface area contributed by atoms with Crippen LogP contribution in [0.3, 0.4) is 0 Å². The molecule has 0 aliphatic rings. The zero-order chi connectivity index (χ0) is 14.0. The second-order valence-corrected chi connectivity index (χ2v) is 5.62. The summed E-state index contributed by atoms with van der Waals surface area (Å²) in [5.74, 6) is -2.39. The highest BCUT2D eigenvalue weighted by atomic mass is 79.9. The molecule has 1 unspecified atom stereocenters. The second kappa shape index (κ2) is 5.77. The molecule has 0 saturated carbocycles. The molecule has 1 heterocycles. The zero-order valence-corrected chi connectivity index (χ0v) is 11.9. The lowest BCUT2D eigenvalue weighted by Crippen LogP contribution is -2.27. The lowest BCUT2D eigenvalue weighted by Gasteiger charge is -2.12. The smallest absolute Gasteiger partial charge is 0.246 e. The SMILES string of the molecule is NC(C(=O)Nc1c(F)cc(Br)cc1F)c1cccs1. The summed E-state index contributed by atoms with van der Waals surface area (Å²) in [4.78, 5) is 12.4. The Morgan fingerprint density at radius 3 is 2.53 bits per heavy atom. The minimum Gasteiger partial charge on any atom is -0.319 e. The average molecular weight is 347 g/mol. The van der Waals surface area contributed by atoms with Gasteiger partial charge in [0.1, 0.15) is 11.7 Å². The second-order valence-electron chi connectivity index (χ2n) is 3.73. The third-order valence-corrected chi connectivity index (χ3v) is 3.80. The predicted molar refractivity (Wildman–Crippen MR) is 73.9 cm³/mol. The van der Waals surface area contributed by atoms with Crippen LogP contribution in [0.15, 0.2) is 34.1 Å². The summed E-state index contributed by atoms with van der Waals surface area (Å²) < 4.78 is 27.4. The van der Waals surface area contributed by atoms with E-state index < -0.39 is 29.3 Å².